The average molecular weight is 478 g/mol. The summed E-state index contributed by atoms with van der Waals surface area (Å²) in [7, 11) is 0. The third-order valence-corrected chi connectivity index (χ3v) is 3.98. The van der Waals surface area contributed by atoms with Crippen molar-refractivity contribution in [2.24, 2.45) is 0 Å². The normalized spacial score (nSPS) is 11.8. The molecule has 0 bridgehead atoms. The Balaban J connectivity index is 2.26. The fourth-order valence-corrected chi connectivity index (χ4v) is 2.26. The van der Waals surface area contributed by atoms with Gasteiger partial charge in [-0.15, -0.1) is 5.73 Å². The van der Waals surface area contributed by atoms with Gasteiger partial charge in [0.1, 0.15) is 5.82 Å². The van der Waals surface area contributed by atoms with E-state index in [1.165, 1.54) is 0 Å². The van der Waals surface area contributed by atoms with E-state index in [2.05, 4.69) is 20.7 Å². The van der Waals surface area contributed by atoms with E-state index in [1.54, 1.807) is 24.3 Å². The summed E-state index contributed by atoms with van der Waals surface area (Å²) in [6, 6.07) is 7.27. The molecule has 1 heterocycles. The van der Waals surface area contributed by atoms with Gasteiger partial charge in [-0.1, -0.05) is 93.3 Å². The average Bonchev–Trinajstić information content (AvgIpc) is 2.51. The molecular weight excluding hydrogens is 470 g/mol. The third kappa shape index (κ3) is 6.78. The maximum absolute atomic E-state index is 5.83. The van der Waals surface area contributed by atoms with Crippen molar-refractivity contribution in [2.75, 3.05) is 0 Å². The maximum atomic E-state index is 5.83. The number of nitrogens with zero attached hydrogens (tertiary/aromatic N) is 3. The molecule has 0 atom stereocenters. The van der Waals surface area contributed by atoms with Crippen LogP contribution in [-0.4, -0.2) is 15.0 Å². The van der Waals surface area contributed by atoms with E-state index in [0.717, 1.165) is 5.56 Å². The highest BCUT2D eigenvalue weighted by Crippen LogP contribution is 2.39. The van der Waals surface area contributed by atoms with Crippen molar-refractivity contribution < 1.29 is 0 Å². The Labute approximate surface area is 179 Å². The van der Waals surface area contributed by atoms with Crippen LogP contribution in [0.2, 0.25) is 5.02 Å². The van der Waals surface area contributed by atoms with Crippen molar-refractivity contribution in [3.05, 3.63) is 64.1 Å². The zero-order valence-electron chi connectivity index (χ0n) is 12.2. The lowest BCUT2D eigenvalue weighted by Crippen LogP contribution is -2.17. The first-order chi connectivity index (χ1) is 11.6. The molecule has 132 valence electrons. The smallest absolute Gasteiger partial charge is 0.213 e. The summed E-state index contributed by atoms with van der Waals surface area (Å²) in [4.78, 5) is 12.0. The van der Waals surface area contributed by atoms with Crippen LogP contribution in [-0.2, 0) is 14.0 Å². The summed E-state index contributed by atoms with van der Waals surface area (Å²) >= 11 is 40.7. The lowest BCUT2D eigenvalue weighted by Gasteiger charge is -2.15. The van der Waals surface area contributed by atoms with Gasteiger partial charge >= 0.3 is 0 Å². The molecule has 25 heavy (non-hydrogen) atoms. The van der Waals surface area contributed by atoms with E-state index >= 15 is 0 Å². The van der Waals surface area contributed by atoms with Crippen molar-refractivity contribution in [2.45, 2.75) is 14.0 Å². The second kappa shape index (κ2) is 8.65. The van der Waals surface area contributed by atoms with Gasteiger partial charge in [0.25, 0.3) is 0 Å². The van der Waals surface area contributed by atoms with Crippen molar-refractivity contribution >= 4 is 87.3 Å². The first kappa shape index (κ1) is 21.1. The minimum Gasteiger partial charge on any atom is -0.213 e. The minimum absolute atomic E-state index is 0.126. The molecule has 0 spiro atoms. The summed E-state index contributed by atoms with van der Waals surface area (Å²) in [5.74, 6) is 0.0208. The zero-order valence-corrected chi connectivity index (χ0v) is 17.5. The van der Waals surface area contributed by atoms with Crippen molar-refractivity contribution in [1.29, 1.82) is 0 Å². The molecule has 0 radical (unpaired) electrons. The molecule has 0 saturated carbocycles. The molecule has 0 fully saturated rings. The van der Waals surface area contributed by atoms with Crippen LogP contribution < -0.4 is 0 Å². The van der Waals surface area contributed by atoms with Gasteiger partial charge in [-0.3, -0.25) is 0 Å². The molecular formula is C15H8Cl7N3. The number of benzene rings is 1. The second-order valence-corrected chi connectivity index (χ2v) is 9.66. The fourth-order valence-electron chi connectivity index (χ4n) is 1.63. The maximum Gasteiger partial charge on any atom is 0.250 e. The number of allylic oxidation sites excluding steroid dienone is 1. The van der Waals surface area contributed by atoms with Crippen molar-refractivity contribution in [1.82, 2.24) is 15.0 Å². The number of alkyl halides is 6. The largest absolute Gasteiger partial charge is 0.250 e. The van der Waals surface area contributed by atoms with Gasteiger partial charge < -0.3 is 0 Å². The van der Waals surface area contributed by atoms with E-state index < -0.39 is 7.59 Å². The number of halogens is 7. The number of aromatic nitrogens is 3. The monoisotopic (exact) mass is 475 g/mol. The van der Waals surface area contributed by atoms with Crippen LogP contribution in [0, 0.1) is 0 Å². The first-order valence-electron chi connectivity index (χ1n) is 6.61. The van der Waals surface area contributed by atoms with Crippen molar-refractivity contribution in [3.63, 3.8) is 0 Å². The predicted octanol–water partition coefficient (Wildman–Crippen LogP) is 6.59. The summed E-state index contributed by atoms with van der Waals surface area (Å²) in [5.41, 5.74) is 3.93. The van der Waals surface area contributed by atoms with E-state index in [9.17, 15) is 0 Å². The predicted molar refractivity (Wildman–Crippen MR) is 106 cm³/mol. The SMILES string of the molecule is Clc1ccc(C=C=CCc2nc(C(Cl)(Cl)Cl)nc(C(Cl)(Cl)Cl)n2)cc1. The molecule has 0 saturated heterocycles. The molecule has 3 nitrogen and oxygen atoms in total. The van der Waals surface area contributed by atoms with Gasteiger partial charge in [-0.2, -0.15) is 0 Å². The number of hydrogen-bond acceptors (Lipinski definition) is 3. The molecule has 0 unspecified atom stereocenters. The van der Waals surface area contributed by atoms with Gasteiger partial charge in [-0.05, 0) is 29.8 Å². The Morgan fingerprint density at radius 2 is 1.36 bits per heavy atom. The van der Waals surface area contributed by atoms with Crippen LogP contribution in [0.1, 0.15) is 23.0 Å². The Bertz CT molecular complexity index is 769. The van der Waals surface area contributed by atoms with Gasteiger partial charge in [-0.25, -0.2) is 15.0 Å². The quantitative estimate of drug-likeness (QED) is 0.369. The van der Waals surface area contributed by atoms with Gasteiger partial charge in [0.2, 0.25) is 7.59 Å². The van der Waals surface area contributed by atoms with Crippen LogP contribution in [0.25, 0.3) is 6.08 Å². The van der Waals surface area contributed by atoms with E-state index in [0.29, 0.717) is 5.02 Å². The summed E-state index contributed by atoms with van der Waals surface area (Å²) in [6.07, 6.45) is 3.73. The fraction of sp³-hybridized carbons (Fsp3) is 0.200. The van der Waals surface area contributed by atoms with Crippen LogP contribution >= 0.6 is 81.2 Å². The highest BCUT2D eigenvalue weighted by Gasteiger charge is 2.33. The molecule has 2 rings (SSSR count). The summed E-state index contributed by atoms with van der Waals surface area (Å²) in [6.45, 7) is 0. The van der Waals surface area contributed by atoms with Crippen molar-refractivity contribution in [3.8, 4) is 0 Å². The standard InChI is InChI=1S/C15H8Cl7N3/c16-10-7-5-9(6-8-10)3-1-2-4-11-23-12(14(17,18)19)25-13(24-11)15(20,21)22/h2-3,5-8H,4H2. The molecule has 10 heteroatoms. The van der Waals surface area contributed by atoms with Gasteiger partial charge in [0, 0.05) is 11.4 Å². The molecule has 0 aliphatic carbocycles. The Kier molecular flexibility index (Phi) is 7.29. The highest BCUT2D eigenvalue weighted by molar-refractivity contribution is 6.67. The zero-order chi connectivity index (χ0) is 18.7. The summed E-state index contributed by atoms with van der Waals surface area (Å²) < 4.78 is -3.74. The Hall–Kier alpha value is -0.220. The molecule has 1 aromatic heterocycles. The highest BCUT2D eigenvalue weighted by atomic mass is 35.6. The lowest BCUT2D eigenvalue weighted by molar-refractivity contribution is 0.796. The van der Waals surface area contributed by atoms with Crippen LogP contribution in [0.5, 0.6) is 0 Å². The third-order valence-electron chi connectivity index (χ3n) is 2.71. The van der Waals surface area contributed by atoms with Crippen LogP contribution in [0.3, 0.4) is 0 Å². The number of rotatable bonds is 3. The molecule has 1 aromatic carbocycles. The molecule has 0 amide bonds. The van der Waals surface area contributed by atoms with Crippen LogP contribution in [0.4, 0.5) is 0 Å². The van der Waals surface area contributed by atoms with Gasteiger partial charge in [0.05, 0.1) is 0 Å². The molecule has 0 aliphatic heterocycles. The Morgan fingerprint density at radius 3 is 1.84 bits per heavy atom. The van der Waals surface area contributed by atoms with E-state index in [4.69, 9.17) is 81.2 Å². The topological polar surface area (TPSA) is 38.7 Å². The van der Waals surface area contributed by atoms with Gasteiger partial charge in [0.15, 0.2) is 11.6 Å². The summed E-state index contributed by atoms with van der Waals surface area (Å²) in [5, 5.41) is 0.657. The van der Waals surface area contributed by atoms with E-state index in [-0.39, 0.29) is 23.9 Å². The van der Waals surface area contributed by atoms with Crippen LogP contribution in [0.15, 0.2) is 36.1 Å². The molecule has 0 N–H and O–H groups in total. The molecule has 0 aliphatic rings. The minimum atomic E-state index is -1.87. The first-order valence-corrected chi connectivity index (χ1v) is 9.26. The number of hydrogen-bond donors (Lipinski definition) is 0. The van der Waals surface area contributed by atoms with E-state index in [1.807, 2.05) is 12.1 Å². The molecule has 2 aromatic rings. The second-order valence-electron chi connectivity index (χ2n) is 4.67. The lowest BCUT2D eigenvalue weighted by atomic mass is 10.2. The Morgan fingerprint density at radius 1 is 0.840 bits per heavy atom.